The average Bonchev–Trinajstić information content (AvgIpc) is 2.62. The van der Waals surface area contributed by atoms with Crippen molar-refractivity contribution in [3.63, 3.8) is 0 Å². The van der Waals surface area contributed by atoms with Crippen LogP contribution in [0.15, 0.2) is 30.5 Å². The fraction of sp³-hybridized carbons (Fsp3) is 0.455. The number of amides is 1. The molecule has 0 aliphatic heterocycles. The zero-order valence-corrected chi connectivity index (χ0v) is 17.6. The molecule has 1 aromatic heterocycles. The van der Waals surface area contributed by atoms with Gasteiger partial charge in [-0.1, -0.05) is 19.9 Å². The Morgan fingerprint density at radius 1 is 1.25 bits per heavy atom. The number of carbonyl (C=O) groups is 1. The first kappa shape index (κ1) is 21.7. The summed E-state index contributed by atoms with van der Waals surface area (Å²) in [5, 5.41) is 2.59. The van der Waals surface area contributed by atoms with E-state index in [1.807, 2.05) is 38.1 Å². The fourth-order valence-corrected chi connectivity index (χ4v) is 3.32. The van der Waals surface area contributed by atoms with Gasteiger partial charge in [-0.05, 0) is 73.6 Å². The molecule has 0 aliphatic rings. The lowest BCUT2D eigenvalue weighted by atomic mass is 9.92. The Morgan fingerprint density at radius 2 is 1.96 bits per heavy atom. The van der Waals surface area contributed by atoms with Gasteiger partial charge in [-0.25, -0.2) is 9.78 Å². The lowest BCUT2D eigenvalue weighted by Gasteiger charge is -2.27. The number of carbonyl (C=O) groups excluding carboxylic acids is 1. The van der Waals surface area contributed by atoms with Gasteiger partial charge in [-0.2, -0.15) is 0 Å². The largest absolute Gasteiger partial charge is 0.491 e. The van der Waals surface area contributed by atoms with E-state index in [-0.39, 0.29) is 5.54 Å². The molecular weight excluding hydrogens is 354 g/mol. The highest BCUT2D eigenvalue weighted by atomic mass is 16.5. The second-order valence-electron chi connectivity index (χ2n) is 7.95. The zero-order chi connectivity index (χ0) is 20.9. The molecule has 1 atom stereocenters. The van der Waals surface area contributed by atoms with Gasteiger partial charge in [0.05, 0.1) is 7.11 Å². The topological polar surface area (TPSA) is 86.5 Å². The predicted octanol–water partition coefficient (Wildman–Crippen LogP) is 4.69. The maximum atomic E-state index is 11.4. The number of ether oxygens (including phenoxy) is 2. The van der Waals surface area contributed by atoms with E-state index < -0.39 is 6.09 Å². The Kier molecular flexibility index (Phi) is 7.02. The van der Waals surface area contributed by atoms with Crippen LogP contribution in [-0.4, -0.2) is 30.3 Å². The van der Waals surface area contributed by atoms with Crippen molar-refractivity contribution in [1.82, 2.24) is 4.98 Å². The van der Waals surface area contributed by atoms with Gasteiger partial charge in [0.15, 0.2) is 0 Å². The van der Waals surface area contributed by atoms with Gasteiger partial charge in [-0.3, -0.25) is 5.32 Å². The second-order valence-corrected chi connectivity index (χ2v) is 7.95. The van der Waals surface area contributed by atoms with Crippen LogP contribution < -0.4 is 15.8 Å². The molecule has 2 aromatic rings. The molecule has 0 radical (unpaired) electrons. The van der Waals surface area contributed by atoms with E-state index >= 15 is 0 Å². The number of hydrogen-bond donors (Lipinski definition) is 2. The predicted molar refractivity (Wildman–Crippen MR) is 113 cm³/mol. The summed E-state index contributed by atoms with van der Waals surface area (Å²) in [6.45, 7) is 10.9. The normalized spacial score (nSPS) is 13.1. The van der Waals surface area contributed by atoms with Crippen LogP contribution in [0.4, 0.5) is 10.6 Å². The Morgan fingerprint density at radius 3 is 2.61 bits per heavy atom. The first-order valence-corrected chi connectivity index (χ1v) is 9.46. The zero-order valence-electron chi connectivity index (χ0n) is 17.6. The number of pyridine rings is 1. The quantitative estimate of drug-likeness (QED) is 0.722. The number of anilines is 1. The van der Waals surface area contributed by atoms with Crippen molar-refractivity contribution in [2.24, 2.45) is 11.7 Å². The SMILES string of the molecule is COC(=O)Nc1cc(-c2ccc(OC[C@@](C)(N)CC(C)C)c(C)c2C)ccn1. The summed E-state index contributed by atoms with van der Waals surface area (Å²) in [7, 11) is 1.32. The number of nitrogens with two attached hydrogens (primary N) is 1. The summed E-state index contributed by atoms with van der Waals surface area (Å²) in [6.07, 6.45) is 2.01. The molecule has 0 unspecified atom stereocenters. The molecule has 3 N–H and O–H groups in total. The summed E-state index contributed by atoms with van der Waals surface area (Å²) >= 11 is 0. The highest BCUT2D eigenvalue weighted by molar-refractivity contribution is 5.84. The van der Waals surface area contributed by atoms with E-state index in [1.54, 1.807) is 6.20 Å². The van der Waals surface area contributed by atoms with Crippen molar-refractivity contribution in [3.05, 3.63) is 41.6 Å². The van der Waals surface area contributed by atoms with E-state index in [1.165, 1.54) is 7.11 Å². The van der Waals surface area contributed by atoms with Crippen LogP contribution in [0.5, 0.6) is 5.75 Å². The Labute approximate surface area is 167 Å². The average molecular weight is 386 g/mol. The monoisotopic (exact) mass is 385 g/mol. The highest BCUT2D eigenvalue weighted by Crippen LogP contribution is 2.32. The number of aromatic nitrogens is 1. The van der Waals surface area contributed by atoms with Crippen LogP contribution in [0, 0.1) is 19.8 Å². The smallest absolute Gasteiger partial charge is 0.412 e. The van der Waals surface area contributed by atoms with Crippen molar-refractivity contribution in [2.45, 2.75) is 46.6 Å². The first-order valence-electron chi connectivity index (χ1n) is 9.46. The summed E-state index contributed by atoms with van der Waals surface area (Å²) < 4.78 is 10.7. The van der Waals surface area contributed by atoms with Crippen molar-refractivity contribution in [2.75, 3.05) is 19.0 Å². The molecule has 1 heterocycles. The minimum absolute atomic E-state index is 0.368. The lowest BCUT2D eigenvalue weighted by Crippen LogP contribution is -2.43. The number of nitrogens with one attached hydrogen (secondary N) is 1. The van der Waals surface area contributed by atoms with E-state index in [0.29, 0.717) is 18.3 Å². The van der Waals surface area contributed by atoms with Crippen LogP contribution in [0.1, 0.15) is 38.3 Å². The number of rotatable bonds is 7. The number of nitrogens with zero attached hydrogens (tertiary/aromatic N) is 1. The molecule has 6 heteroatoms. The van der Waals surface area contributed by atoms with Crippen LogP contribution in [-0.2, 0) is 4.74 Å². The van der Waals surface area contributed by atoms with Gasteiger partial charge >= 0.3 is 6.09 Å². The lowest BCUT2D eigenvalue weighted by molar-refractivity contribution is 0.187. The van der Waals surface area contributed by atoms with Gasteiger partial charge < -0.3 is 15.2 Å². The van der Waals surface area contributed by atoms with Gasteiger partial charge in [0, 0.05) is 11.7 Å². The maximum Gasteiger partial charge on any atom is 0.412 e. The molecule has 152 valence electrons. The molecule has 1 amide bonds. The minimum atomic E-state index is -0.549. The highest BCUT2D eigenvalue weighted by Gasteiger charge is 2.22. The molecule has 0 spiro atoms. The number of hydrogen-bond acceptors (Lipinski definition) is 5. The Balaban J connectivity index is 2.22. The third-order valence-corrected chi connectivity index (χ3v) is 4.66. The number of benzene rings is 1. The third kappa shape index (κ3) is 5.70. The standard InChI is InChI=1S/C22H31N3O3/c1-14(2)12-22(5,23)13-28-19-8-7-18(15(3)16(19)4)17-9-10-24-20(11-17)25-21(26)27-6/h7-11,14H,12-13,23H2,1-6H3,(H,24,25,26)/t22-/m0/s1. The number of methoxy groups -OCH3 is 1. The molecule has 28 heavy (non-hydrogen) atoms. The molecule has 0 saturated carbocycles. The van der Waals surface area contributed by atoms with E-state index in [2.05, 4.69) is 35.8 Å². The molecule has 1 aromatic carbocycles. The molecule has 0 aliphatic carbocycles. The van der Waals surface area contributed by atoms with Gasteiger partial charge in [0.25, 0.3) is 0 Å². The van der Waals surface area contributed by atoms with Crippen LogP contribution in [0.25, 0.3) is 11.1 Å². The third-order valence-electron chi connectivity index (χ3n) is 4.66. The maximum absolute atomic E-state index is 11.4. The Bertz CT molecular complexity index is 832. The molecule has 0 fully saturated rings. The van der Waals surface area contributed by atoms with Gasteiger partial charge in [0.1, 0.15) is 18.2 Å². The van der Waals surface area contributed by atoms with Crippen molar-refractivity contribution < 1.29 is 14.3 Å². The fourth-order valence-electron chi connectivity index (χ4n) is 3.32. The molecular formula is C22H31N3O3. The van der Waals surface area contributed by atoms with Crippen LogP contribution in [0.3, 0.4) is 0 Å². The minimum Gasteiger partial charge on any atom is -0.491 e. The van der Waals surface area contributed by atoms with Gasteiger partial charge in [0.2, 0.25) is 0 Å². The van der Waals surface area contributed by atoms with E-state index in [0.717, 1.165) is 34.4 Å². The summed E-state index contributed by atoms with van der Waals surface area (Å²) in [4.78, 5) is 15.6. The van der Waals surface area contributed by atoms with Crippen molar-refractivity contribution in [1.29, 1.82) is 0 Å². The summed E-state index contributed by atoms with van der Waals surface area (Å²) in [6, 6.07) is 7.71. The molecule has 2 rings (SSSR count). The van der Waals surface area contributed by atoms with E-state index in [9.17, 15) is 4.79 Å². The summed E-state index contributed by atoms with van der Waals surface area (Å²) in [5.41, 5.74) is 10.2. The van der Waals surface area contributed by atoms with Crippen molar-refractivity contribution in [3.8, 4) is 16.9 Å². The summed E-state index contributed by atoms with van der Waals surface area (Å²) in [5.74, 6) is 1.79. The van der Waals surface area contributed by atoms with Crippen molar-refractivity contribution >= 4 is 11.9 Å². The second kappa shape index (κ2) is 9.06. The Hall–Kier alpha value is -2.60. The molecule has 0 bridgehead atoms. The van der Waals surface area contributed by atoms with Crippen LogP contribution in [0.2, 0.25) is 0 Å². The molecule has 0 saturated heterocycles. The van der Waals surface area contributed by atoms with Crippen LogP contribution >= 0.6 is 0 Å². The first-order chi connectivity index (χ1) is 13.1. The van der Waals surface area contributed by atoms with E-state index in [4.69, 9.17) is 10.5 Å². The van der Waals surface area contributed by atoms with Gasteiger partial charge in [-0.15, -0.1) is 0 Å². The molecule has 6 nitrogen and oxygen atoms in total.